The molecule has 1 unspecified atom stereocenters. The Kier molecular flexibility index (Phi) is 2.63. The normalized spacial score (nSPS) is 22.1. The summed E-state index contributed by atoms with van der Waals surface area (Å²) in [4.78, 5) is 11.4. The predicted octanol–water partition coefficient (Wildman–Crippen LogP) is 2.64. The first-order valence-electron chi connectivity index (χ1n) is 6.19. The van der Waals surface area contributed by atoms with Gasteiger partial charge in [0, 0.05) is 6.42 Å². The molecule has 1 aliphatic heterocycles. The van der Waals surface area contributed by atoms with Gasteiger partial charge in [0.15, 0.2) is 0 Å². The quantitative estimate of drug-likeness (QED) is 0.817. The Morgan fingerprint density at radius 3 is 2.06 bits per heavy atom. The van der Waals surface area contributed by atoms with Crippen molar-refractivity contribution in [2.24, 2.45) is 0 Å². The second-order valence-electron chi connectivity index (χ2n) is 4.84. The highest BCUT2D eigenvalue weighted by atomic mass is 16.2. The van der Waals surface area contributed by atoms with Gasteiger partial charge < -0.3 is 5.32 Å². The van der Waals surface area contributed by atoms with Crippen LogP contribution in [-0.2, 0) is 16.8 Å². The maximum Gasteiger partial charge on any atom is 0.223 e. The molecule has 0 saturated carbocycles. The molecule has 1 saturated heterocycles. The number of benzene rings is 2. The Morgan fingerprint density at radius 2 is 1.50 bits per heavy atom. The fraction of sp³-hybridized carbons (Fsp3) is 0.188. The largest absolute Gasteiger partial charge is 0.346 e. The molecule has 1 heterocycles. The minimum Gasteiger partial charge on any atom is -0.346 e. The molecule has 2 nitrogen and oxygen atoms in total. The van der Waals surface area contributed by atoms with Crippen molar-refractivity contribution >= 4 is 5.91 Å². The van der Waals surface area contributed by atoms with Crippen LogP contribution in [0.3, 0.4) is 0 Å². The van der Waals surface area contributed by atoms with E-state index in [9.17, 15) is 4.79 Å². The number of nitrogens with one attached hydrogen (secondary N) is 1. The zero-order chi connectivity index (χ0) is 12.4. The molecule has 1 aliphatic rings. The molecule has 18 heavy (non-hydrogen) atoms. The molecule has 0 bridgehead atoms. The number of carbonyl (C=O) groups is 1. The van der Waals surface area contributed by atoms with E-state index in [1.165, 1.54) is 11.1 Å². The van der Waals surface area contributed by atoms with Gasteiger partial charge in [0.1, 0.15) is 0 Å². The zero-order valence-electron chi connectivity index (χ0n) is 10.1. The van der Waals surface area contributed by atoms with E-state index in [4.69, 9.17) is 0 Å². The lowest BCUT2D eigenvalue weighted by molar-refractivity contribution is -0.133. The summed E-state index contributed by atoms with van der Waals surface area (Å²) in [5, 5.41) is 3.08. The van der Waals surface area contributed by atoms with E-state index in [-0.39, 0.29) is 11.4 Å². The molecule has 0 radical (unpaired) electrons. The Bertz CT molecular complexity index is 540. The van der Waals surface area contributed by atoms with E-state index in [0.29, 0.717) is 6.42 Å². The van der Waals surface area contributed by atoms with Crippen LogP contribution in [0.15, 0.2) is 60.7 Å². The van der Waals surface area contributed by atoms with Gasteiger partial charge in [-0.2, -0.15) is 0 Å². The third-order valence-corrected chi connectivity index (χ3v) is 3.52. The summed E-state index contributed by atoms with van der Waals surface area (Å²) in [5.74, 6) is 0.134. The van der Waals surface area contributed by atoms with Crippen molar-refractivity contribution in [2.75, 3.05) is 0 Å². The monoisotopic (exact) mass is 237 g/mol. The van der Waals surface area contributed by atoms with Crippen LogP contribution in [0.25, 0.3) is 0 Å². The molecule has 2 aromatic rings. The van der Waals surface area contributed by atoms with Crippen LogP contribution >= 0.6 is 0 Å². The number of hydrogen-bond donors (Lipinski definition) is 1. The van der Waals surface area contributed by atoms with Gasteiger partial charge >= 0.3 is 0 Å². The number of β-lactam (4-membered cyclic amide) rings is 1. The van der Waals surface area contributed by atoms with E-state index < -0.39 is 0 Å². The third kappa shape index (κ3) is 1.90. The highest BCUT2D eigenvalue weighted by molar-refractivity contribution is 5.85. The average molecular weight is 237 g/mol. The molecule has 1 N–H and O–H groups in total. The molecule has 1 amide bonds. The van der Waals surface area contributed by atoms with Crippen LogP contribution < -0.4 is 5.32 Å². The van der Waals surface area contributed by atoms with Gasteiger partial charge in [-0.05, 0) is 11.1 Å². The fourth-order valence-corrected chi connectivity index (χ4v) is 2.61. The van der Waals surface area contributed by atoms with Crippen molar-refractivity contribution in [2.45, 2.75) is 18.4 Å². The van der Waals surface area contributed by atoms with Crippen LogP contribution in [0.1, 0.15) is 17.5 Å². The van der Waals surface area contributed by atoms with Crippen molar-refractivity contribution in [1.82, 2.24) is 5.32 Å². The standard InChI is InChI=1S/C16H15NO/c18-15-12-16(17-15,14-9-5-2-6-10-14)11-13-7-3-1-4-8-13/h1-10H,11-12H2,(H,17,18). The molecule has 2 aromatic carbocycles. The fourth-order valence-electron chi connectivity index (χ4n) is 2.61. The predicted molar refractivity (Wildman–Crippen MR) is 71.0 cm³/mol. The second-order valence-corrected chi connectivity index (χ2v) is 4.84. The topological polar surface area (TPSA) is 29.1 Å². The number of rotatable bonds is 3. The number of amides is 1. The number of carbonyl (C=O) groups excluding carboxylic acids is 1. The maximum atomic E-state index is 11.4. The van der Waals surface area contributed by atoms with Gasteiger partial charge in [-0.3, -0.25) is 4.79 Å². The van der Waals surface area contributed by atoms with Crippen LogP contribution in [0.4, 0.5) is 0 Å². The first-order chi connectivity index (χ1) is 8.78. The molecule has 3 rings (SSSR count). The smallest absolute Gasteiger partial charge is 0.223 e. The van der Waals surface area contributed by atoms with Gasteiger partial charge in [-0.1, -0.05) is 60.7 Å². The Labute approximate surface area is 107 Å². The highest BCUT2D eigenvalue weighted by Gasteiger charge is 2.43. The molecule has 2 heteroatoms. The summed E-state index contributed by atoms with van der Waals surface area (Å²) >= 11 is 0. The van der Waals surface area contributed by atoms with E-state index in [0.717, 1.165) is 6.42 Å². The average Bonchev–Trinajstić information content (AvgIpc) is 2.39. The highest BCUT2D eigenvalue weighted by Crippen LogP contribution is 2.35. The lowest BCUT2D eigenvalue weighted by Crippen LogP contribution is -2.59. The summed E-state index contributed by atoms with van der Waals surface area (Å²) in [6.45, 7) is 0. The minimum absolute atomic E-state index is 0.134. The molecular weight excluding hydrogens is 222 g/mol. The molecule has 0 aliphatic carbocycles. The van der Waals surface area contributed by atoms with Crippen molar-refractivity contribution in [3.63, 3.8) is 0 Å². The lowest BCUT2D eigenvalue weighted by atomic mass is 9.76. The molecular formula is C16H15NO. The van der Waals surface area contributed by atoms with Crippen LogP contribution in [-0.4, -0.2) is 5.91 Å². The van der Waals surface area contributed by atoms with Gasteiger partial charge in [0.05, 0.1) is 12.0 Å². The van der Waals surface area contributed by atoms with Crippen LogP contribution in [0.2, 0.25) is 0 Å². The molecule has 0 aromatic heterocycles. The molecule has 1 fully saturated rings. The van der Waals surface area contributed by atoms with Gasteiger partial charge in [-0.25, -0.2) is 0 Å². The van der Waals surface area contributed by atoms with Gasteiger partial charge in [-0.15, -0.1) is 0 Å². The third-order valence-electron chi connectivity index (χ3n) is 3.52. The summed E-state index contributed by atoms with van der Waals surface area (Å²) < 4.78 is 0. The van der Waals surface area contributed by atoms with Crippen molar-refractivity contribution < 1.29 is 4.79 Å². The summed E-state index contributed by atoms with van der Waals surface area (Å²) in [5.41, 5.74) is 2.23. The lowest BCUT2D eigenvalue weighted by Gasteiger charge is -2.43. The van der Waals surface area contributed by atoms with E-state index in [1.54, 1.807) is 0 Å². The Hall–Kier alpha value is -2.09. The van der Waals surface area contributed by atoms with Crippen molar-refractivity contribution in [1.29, 1.82) is 0 Å². The van der Waals surface area contributed by atoms with Gasteiger partial charge in [0.25, 0.3) is 0 Å². The molecule has 1 atom stereocenters. The van der Waals surface area contributed by atoms with Crippen LogP contribution in [0, 0.1) is 0 Å². The minimum atomic E-state index is -0.209. The first-order valence-corrected chi connectivity index (χ1v) is 6.19. The number of hydrogen-bond acceptors (Lipinski definition) is 1. The molecule has 0 spiro atoms. The zero-order valence-corrected chi connectivity index (χ0v) is 10.1. The van der Waals surface area contributed by atoms with Crippen molar-refractivity contribution in [3.8, 4) is 0 Å². The van der Waals surface area contributed by atoms with E-state index in [1.807, 2.05) is 36.4 Å². The molecule has 90 valence electrons. The van der Waals surface area contributed by atoms with Crippen LogP contribution in [0.5, 0.6) is 0 Å². The summed E-state index contributed by atoms with van der Waals surface area (Å²) in [6, 6.07) is 20.5. The Balaban J connectivity index is 1.91. The van der Waals surface area contributed by atoms with E-state index in [2.05, 4.69) is 29.6 Å². The SMILES string of the molecule is O=C1CC(Cc2ccccc2)(c2ccccc2)N1. The summed E-state index contributed by atoms with van der Waals surface area (Å²) in [7, 11) is 0. The first kappa shape index (κ1) is 11.0. The van der Waals surface area contributed by atoms with E-state index >= 15 is 0 Å². The maximum absolute atomic E-state index is 11.4. The van der Waals surface area contributed by atoms with Crippen molar-refractivity contribution in [3.05, 3.63) is 71.8 Å². The van der Waals surface area contributed by atoms with Gasteiger partial charge in [0.2, 0.25) is 5.91 Å². The second kappa shape index (κ2) is 4.30. The summed E-state index contributed by atoms with van der Waals surface area (Å²) in [6.07, 6.45) is 1.43. The Morgan fingerprint density at radius 1 is 0.944 bits per heavy atom.